The maximum atomic E-state index is 13.0. The van der Waals surface area contributed by atoms with E-state index in [2.05, 4.69) is 5.32 Å². The maximum Gasteiger partial charge on any atom is 0.251 e. The Morgan fingerprint density at radius 2 is 1.70 bits per heavy atom. The molecule has 0 spiro atoms. The number of hydrogen-bond donors (Lipinski definition) is 1. The number of carbonyl (C=O) groups is 2. The van der Waals surface area contributed by atoms with E-state index in [0.29, 0.717) is 37.6 Å². The van der Waals surface area contributed by atoms with Gasteiger partial charge in [0.1, 0.15) is 11.6 Å². The average Bonchev–Trinajstić information content (AvgIpc) is 2.74. The fourth-order valence-electron chi connectivity index (χ4n) is 3.50. The third kappa shape index (κ3) is 6.31. The van der Waals surface area contributed by atoms with Crippen LogP contribution in [-0.4, -0.2) is 42.5 Å². The number of amides is 2. The quantitative estimate of drug-likeness (QED) is 0.752. The van der Waals surface area contributed by atoms with Gasteiger partial charge in [-0.05, 0) is 74.6 Å². The number of benzene rings is 2. The Hall–Kier alpha value is -2.89. The smallest absolute Gasteiger partial charge is 0.251 e. The van der Waals surface area contributed by atoms with Crippen molar-refractivity contribution in [3.8, 4) is 5.75 Å². The Balaban J connectivity index is 1.41. The summed E-state index contributed by atoms with van der Waals surface area (Å²) in [5, 5.41) is 2.86. The fourth-order valence-corrected chi connectivity index (χ4v) is 3.50. The van der Waals surface area contributed by atoms with Gasteiger partial charge in [0.05, 0.1) is 13.0 Å². The molecule has 1 fully saturated rings. The predicted octanol–water partition coefficient (Wildman–Crippen LogP) is 3.82. The number of rotatable bonds is 7. The highest BCUT2D eigenvalue weighted by molar-refractivity contribution is 5.94. The van der Waals surface area contributed by atoms with Crippen molar-refractivity contribution in [2.24, 2.45) is 5.92 Å². The van der Waals surface area contributed by atoms with Gasteiger partial charge >= 0.3 is 0 Å². The van der Waals surface area contributed by atoms with Gasteiger partial charge in [-0.2, -0.15) is 0 Å². The standard InChI is InChI=1S/C24H29FN2O3/c1-17(2)26-24(29)20-5-9-22(10-6-20)30-16-19-11-13-27(14-12-19)23(28)15-18-3-7-21(25)8-4-18/h3-10,17,19H,11-16H2,1-2H3,(H,26,29). The number of nitrogens with one attached hydrogen (secondary N) is 1. The monoisotopic (exact) mass is 412 g/mol. The van der Waals surface area contributed by atoms with Crippen molar-refractivity contribution in [1.29, 1.82) is 0 Å². The zero-order chi connectivity index (χ0) is 21.5. The first-order valence-electron chi connectivity index (χ1n) is 10.5. The minimum Gasteiger partial charge on any atom is -0.493 e. The summed E-state index contributed by atoms with van der Waals surface area (Å²) in [5.41, 5.74) is 1.45. The molecule has 0 unspecified atom stereocenters. The topological polar surface area (TPSA) is 58.6 Å². The Kier molecular flexibility index (Phi) is 7.44. The normalized spacial score (nSPS) is 14.6. The first-order valence-corrected chi connectivity index (χ1v) is 10.5. The largest absolute Gasteiger partial charge is 0.493 e. The number of hydrogen-bond acceptors (Lipinski definition) is 3. The van der Waals surface area contributed by atoms with Crippen LogP contribution in [0.15, 0.2) is 48.5 Å². The maximum absolute atomic E-state index is 13.0. The summed E-state index contributed by atoms with van der Waals surface area (Å²) in [6, 6.07) is 13.4. The molecule has 1 saturated heterocycles. The van der Waals surface area contributed by atoms with E-state index in [-0.39, 0.29) is 23.7 Å². The summed E-state index contributed by atoms with van der Waals surface area (Å²) >= 11 is 0. The van der Waals surface area contributed by atoms with Crippen molar-refractivity contribution < 1.29 is 18.7 Å². The summed E-state index contributed by atoms with van der Waals surface area (Å²) in [6.07, 6.45) is 2.09. The van der Waals surface area contributed by atoms with E-state index in [1.54, 1.807) is 24.3 Å². The van der Waals surface area contributed by atoms with Crippen molar-refractivity contribution >= 4 is 11.8 Å². The minimum absolute atomic E-state index is 0.0799. The SMILES string of the molecule is CC(C)NC(=O)c1ccc(OCC2CCN(C(=O)Cc3ccc(F)cc3)CC2)cc1. The van der Waals surface area contributed by atoms with Gasteiger partial charge in [-0.1, -0.05) is 12.1 Å². The van der Waals surface area contributed by atoms with Gasteiger partial charge in [-0.25, -0.2) is 4.39 Å². The van der Waals surface area contributed by atoms with E-state index >= 15 is 0 Å². The molecular formula is C24H29FN2O3. The molecule has 0 saturated carbocycles. The first-order chi connectivity index (χ1) is 14.4. The zero-order valence-electron chi connectivity index (χ0n) is 17.6. The highest BCUT2D eigenvalue weighted by atomic mass is 19.1. The van der Waals surface area contributed by atoms with E-state index in [4.69, 9.17) is 4.74 Å². The minimum atomic E-state index is -0.291. The predicted molar refractivity (Wildman–Crippen MR) is 114 cm³/mol. The molecule has 1 aliphatic rings. The third-order valence-corrected chi connectivity index (χ3v) is 5.26. The van der Waals surface area contributed by atoms with E-state index in [0.717, 1.165) is 24.2 Å². The number of likely N-dealkylation sites (tertiary alicyclic amines) is 1. The van der Waals surface area contributed by atoms with E-state index in [1.165, 1.54) is 12.1 Å². The second-order valence-electron chi connectivity index (χ2n) is 8.09. The zero-order valence-corrected chi connectivity index (χ0v) is 17.6. The van der Waals surface area contributed by atoms with Crippen LogP contribution in [-0.2, 0) is 11.2 Å². The molecule has 6 heteroatoms. The third-order valence-electron chi connectivity index (χ3n) is 5.26. The van der Waals surface area contributed by atoms with Crippen LogP contribution in [0.2, 0.25) is 0 Å². The molecule has 1 N–H and O–H groups in total. The molecule has 0 aliphatic carbocycles. The van der Waals surface area contributed by atoms with Gasteiger partial charge in [0.25, 0.3) is 5.91 Å². The van der Waals surface area contributed by atoms with Gasteiger partial charge < -0.3 is 15.0 Å². The van der Waals surface area contributed by atoms with Crippen LogP contribution in [0.1, 0.15) is 42.6 Å². The molecule has 160 valence electrons. The molecule has 3 rings (SSSR count). The molecule has 1 aliphatic heterocycles. The molecule has 1 heterocycles. The first kappa shape index (κ1) is 21.8. The Bertz CT molecular complexity index is 842. The molecule has 0 aromatic heterocycles. The lowest BCUT2D eigenvalue weighted by atomic mass is 9.97. The summed E-state index contributed by atoms with van der Waals surface area (Å²) in [6.45, 7) is 5.87. The van der Waals surface area contributed by atoms with E-state index in [1.807, 2.05) is 30.9 Å². The lowest BCUT2D eigenvalue weighted by Gasteiger charge is -2.32. The number of carbonyl (C=O) groups excluding carboxylic acids is 2. The highest BCUT2D eigenvalue weighted by Crippen LogP contribution is 2.21. The van der Waals surface area contributed by atoms with Crippen LogP contribution in [0.4, 0.5) is 4.39 Å². The molecule has 2 aromatic carbocycles. The molecule has 2 aromatic rings. The molecule has 0 bridgehead atoms. The van der Waals surface area contributed by atoms with Crippen LogP contribution < -0.4 is 10.1 Å². The Morgan fingerprint density at radius 3 is 2.30 bits per heavy atom. The van der Waals surface area contributed by atoms with Gasteiger partial charge in [0.15, 0.2) is 0 Å². The van der Waals surface area contributed by atoms with Gasteiger partial charge in [-0.3, -0.25) is 9.59 Å². The lowest BCUT2D eigenvalue weighted by molar-refractivity contribution is -0.132. The summed E-state index contributed by atoms with van der Waals surface area (Å²) in [5.74, 6) is 0.834. The second kappa shape index (κ2) is 10.2. The van der Waals surface area contributed by atoms with Crippen molar-refractivity contribution in [2.75, 3.05) is 19.7 Å². The van der Waals surface area contributed by atoms with Crippen LogP contribution in [0, 0.1) is 11.7 Å². The molecule has 5 nitrogen and oxygen atoms in total. The van der Waals surface area contributed by atoms with Crippen molar-refractivity contribution in [3.05, 3.63) is 65.5 Å². The second-order valence-corrected chi connectivity index (χ2v) is 8.09. The van der Waals surface area contributed by atoms with Crippen molar-refractivity contribution in [1.82, 2.24) is 10.2 Å². The number of halogens is 1. The highest BCUT2D eigenvalue weighted by Gasteiger charge is 2.23. The molecule has 0 radical (unpaired) electrons. The summed E-state index contributed by atoms with van der Waals surface area (Å²) in [4.78, 5) is 26.3. The fraction of sp³-hybridized carbons (Fsp3) is 0.417. The van der Waals surface area contributed by atoms with Crippen molar-refractivity contribution in [3.63, 3.8) is 0 Å². The van der Waals surface area contributed by atoms with Crippen LogP contribution in [0.3, 0.4) is 0 Å². The molecular weight excluding hydrogens is 383 g/mol. The number of ether oxygens (including phenoxy) is 1. The number of piperidine rings is 1. The van der Waals surface area contributed by atoms with Gasteiger partial charge in [0, 0.05) is 24.7 Å². The van der Waals surface area contributed by atoms with Gasteiger partial charge in [-0.15, -0.1) is 0 Å². The molecule has 2 amide bonds. The van der Waals surface area contributed by atoms with E-state index in [9.17, 15) is 14.0 Å². The van der Waals surface area contributed by atoms with Crippen LogP contribution in [0.25, 0.3) is 0 Å². The molecule has 30 heavy (non-hydrogen) atoms. The van der Waals surface area contributed by atoms with E-state index < -0.39 is 0 Å². The Morgan fingerprint density at radius 1 is 1.07 bits per heavy atom. The lowest BCUT2D eigenvalue weighted by Crippen LogP contribution is -2.40. The average molecular weight is 413 g/mol. The Labute approximate surface area is 177 Å². The van der Waals surface area contributed by atoms with Crippen molar-refractivity contribution in [2.45, 2.75) is 39.2 Å². The summed E-state index contributed by atoms with van der Waals surface area (Å²) < 4.78 is 18.9. The van der Waals surface area contributed by atoms with Crippen LogP contribution >= 0.6 is 0 Å². The summed E-state index contributed by atoms with van der Waals surface area (Å²) in [7, 11) is 0. The van der Waals surface area contributed by atoms with Gasteiger partial charge in [0.2, 0.25) is 5.91 Å². The molecule has 0 atom stereocenters. The van der Waals surface area contributed by atoms with Crippen LogP contribution in [0.5, 0.6) is 5.75 Å². The number of nitrogens with zero attached hydrogens (tertiary/aromatic N) is 1.